The van der Waals surface area contributed by atoms with Crippen molar-refractivity contribution in [2.24, 2.45) is 0 Å². The van der Waals surface area contributed by atoms with Crippen molar-refractivity contribution in [1.82, 2.24) is 4.57 Å². The van der Waals surface area contributed by atoms with Crippen LogP contribution in [0.1, 0.15) is 37.6 Å². The Hall–Kier alpha value is -3.44. The molecule has 0 saturated carbocycles. The summed E-state index contributed by atoms with van der Waals surface area (Å²) >= 11 is 0. The first-order valence-corrected chi connectivity index (χ1v) is 11.2. The van der Waals surface area contributed by atoms with E-state index in [2.05, 4.69) is 55.7 Å². The largest absolute Gasteiger partial charge is 0.497 e. The molecule has 4 aromatic rings. The van der Waals surface area contributed by atoms with E-state index in [0.29, 0.717) is 6.54 Å². The van der Waals surface area contributed by atoms with Gasteiger partial charge < -0.3 is 23.9 Å². The predicted molar refractivity (Wildman–Crippen MR) is 130 cm³/mol. The number of hydrogen-bond acceptors (Lipinski definition) is 4. The van der Waals surface area contributed by atoms with Crippen LogP contribution >= 0.6 is 0 Å². The maximum Gasteiger partial charge on any atom is 0.231 e. The molecule has 2 heterocycles. The second-order valence-corrected chi connectivity index (χ2v) is 9.47. The fourth-order valence-electron chi connectivity index (χ4n) is 4.55. The number of rotatable bonds is 5. The predicted octanol–water partition coefficient (Wildman–Crippen LogP) is 5.88. The van der Waals surface area contributed by atoms with Crippen molar-refractivity contribution in [1.29, 1.82) is 0 Å². The van der Waals surface area contributed by atoms with Gasteiger partial charge in [0.1, 0.15) is 5.75 Å². The lowest BCUT2D eigenvalue weighted by atomic mass is 9.86. The fourth-order valence-corrected chi connectivity index (χ4v) is 4.55. The van der Waals surface area contributed by atoms with E-state index in [-0.39, 0.29) is 18.8 Å². The van der Waals surface area contributed by atoms with E-state index in [1.807, 2.05) is 30.3 Å². The number of fused-ring (bicyclic) bond motifs is 2. The third kappa shape index (κ3) is 3.83. The molecule has 0 fully saturated rings. The molecule has 1 aliphatic heterocycles. The van der Waals surface area contributed by atoms with E-state index < -0.39 is 0 Å². The molecule has 1 aromatic heterocycles. The lowest BCUT2D eigenvalue weighted by Gasteiger charge is -2.19. The highest BCUT2D eigenvalue weighted by molar-refractivity contribution is 6.00. The van der Waals surface area contributed by atoms with E-state index in [0.717, 1.165) is 50.5 Å². The van der Waals surface area contributed by atoms with Gasteiger partial charge in [0.2, 0.25) is 6.79 Å². The number of hydrogen-bond donors (Lipinski definition) is 1. The zero-order valence-corrected chi connectivity index (χ0v) is 19.5. The van der Waals surface area contributed by atoms with Crippen LogP contribution in [0.5, 0.6) is 17.2 Å². The number of nitrogens with zero attached hydrogens (tertiary/aromatic N) is 1. The Bertz CT molecular complexity index is 1310. The summed E-state index contributed by atoms with van der Waals surface area (Å²) in [6.45, 7) is 7.37. The Morgan fingerprint density at radius 2 is 1.70 bits per heavy atom. The first-order valence-electron chi connectivity index (χ1n) is 11.2. The van der Waals surface area contributed by atoms with Crippen LogP contribution in [0.15, 0.2) is 60.7 Å². The van der Waals surface area contributed by atoms with E-state index in [1.165, 1.54) is 5.56 Å². The molecule has 0 saturated heterocycles. The molecule has 3 aromatic carbocycles. The van der Waals surface area contributed by atoms with Gasteiger partial charge in [0, 0.05) is 23.6 Å². The van der Waals surface area contributed by atoms with Crippen molar-refractivity contribution in [3.63, 3.8) is 0 Å². The molecule has 0 unspecified atom stereocenters. The molecule has 0 spiro atoms. The Morgan fingerprint density at radius 3 is 2.36 bits per heavy atom. The summed E-state index contributed by atoms with van der Waals surface area (Å²) in [5.41, 5.74) is 6.39. The third-order valence-electron chi connectivity index (χ3n) is 6.33. The maximum atomic E-state index is 10.5. The minimum absolute atomic E-state index is 0.0741. The molecule has 170 valence electrons. The molecule has 1 N–H and O–H groups in total. The van der Waals surface area contributed by atoms with Gasteiger partial charge in [-0.05, 0) is 40.3 Å². The van der Waals surface area contributed by atoms with Crippen molar-refractivity contribution in [2.75, 3.05) is 13.9 Å². The quantitative estimate of drug-likeness (QED) is 0.418. The standard InChI is InChI=1S/C28H29NO4/c1-28(2,3)20-10-8-19(9-11-20)27-22-13-25-26(33-17-32-25)14-23(22)29(24(27)16-30)15-18-6-5-7-21(12-18)31-4/h5-14,30H,15-17H2,1-4H3. The van der Waals surface area contributed by atoms with Crippen LogP contribution in [-0.2, 0) is 18.6 Å². The average molecular weight is 444 g/mol. The zero-order chi connectivity index (χ0) is 23.2. The molecule has 0 bridgehead atoms. The lowest BCUT2D eigenvalue weighted by Crippen LogP contribution is -2.10. The minimum atomic E-state index is -0.0820. The van der Waals surface area contributed by atoms with Crippen molar-refractivity contribution in [3.8, 4) is 28.4 Å². The van der Waals surface area contributed by atoms with Gasteiger partial charge in [-0.25, -0.2) is 0 Å². The summed E-state index contributed by atoms with van der Waals surface area (Å²) < 4.78 is 18.9. The van der Waals surface area contributed by atoms with Gasteiger partial charge in [0.25, 0.3) is 0 Å². The highest BCUT2D eigenvalue weighted by Gasteiger charge is 2.24. The third-order valence-corrected chi connectivity index (χ3v) is 6.33. The molecule has 33 heavy (non-hydrogen) atoms. The van der Waals surface area contributed by atoms with Crippen LogP contribution in [-0.4, -0.2) is 23.6 Å². The summed E-state index contributed by atoms with van der Waals surface area (Å²) in [6.07, 6.45) is 0. The second kappa shape index (κ2) is 8.16. The van der Waals surface area contributed by atoms with Crippen LogP contribution < -0.4 is 14.2 Å². The smallest absolute Gasteiger partial charge is 0.231 e. The number of methoxy groups -OCH3 is 1. The molecule has 0 aliphatic carbocycles. The van der Waals surface area contributed by atoms with Gasteiger partial charge in [-0.2, -0.15) is 0 Å². The number of benzene rings is 3. The molecule has 5 rings (SSSR count). The van der Waals surface area contributed by atoms with Gasteiger partial charge in [-0.3, -0.25) is 0 Å². The molecular formula is C28H29NO4. The summed E-state index contributed by atoms with van der Waals surface area (Å²) in [7, 11) is 1.67. The van der Waals surface area contributed by atoms with Gasteiger partial charge in [-0.1, -0.05) is 57.2 Å². The zero-order valence-electron chi connectivity index (χ0n) is 19.5. The minimum Gasteiger partial charge on any atom is -0.497 e. The van der Waals surface area contributed by atoms with Crippen molar-refractivity contribution in [3.05, 3.63) is 77.5 Å². The summed E-state index contributed by atoms with van der Waals surface area (Å²) in [5, 5.41) is 11.6. The molecule has 0 radical (unpaired) electrons. The normalized spacial score (nSPS) is 13.0. The average Bonchev–Trinajstić information content (AvgIpc) is 3.39. The second-order valence-electron chi connectivity index (χ2n) is 9.47. The highest BCUT2D eigenvalue weighted by Crippen LogP contribution is 2.43. The Morgan fingerprint density at radius 1 is 0.970 bits per heavy atom. The van der Waals surface area contributed by atoms with Gasteiger partial charge in [-0.15, -0.1) is 0 Å². The van der Waals surface area contributed by atoms with Crippen LogP contribution in [0.25, 0.3) is 22.0 Å². The number of aliphatic hydroxyl groups excluding tert-OH is 1. The Kier molecular flexibility index (Phi) is 5.29. The van der Waals surface area contributed by atoms with Crippen LogP contribution in [0, 0.1) is 0 Å². The topological polar surface area (TPSA) is 52.9 Å². The van der Waals surface area contributed by atoms with Crippen LogP contribution in [0.4, 0.5) is 0 Å². The first-order chi connectivity index (χ1) is 15.9. The molecule has 0 amide bonds. The van der Waals surface area contributed by atoms with Gasteiger partial charge in [0.05, 0.1) is 24.9 Å². The monoisotopic (exact) mass is 443 g/mol. The Labute approximate surface area is 194 Å². The highest BCUT2D eigenvalue weighted by atomic mass is 16.7. The SMILES string of the molecule is COc1cccc(Cn2c(CO)c(-c3ccc(C(C)(C)C)cc3)c3cc4c(cc32)OCO4)c1. The lowest BCUT2D eigenvalue weighted by molar-refractivity contribution is 0.174. The summed E-state index contributed by atoms with van der Waals surface area (Å²) in [6, 6.07) is 20.7. The molecule has 5 heteroatoms. The number of ether oxygens (including phenoxy) is 3. The molecule has 1 aliphatic rings. The Balaban J connectivity index is 1.71. The summed E-state index contributed by atoms with van der Waals surface area (Å²) in [4.78, 5) is 0. The van der Waals surface area contributed by atoms with Crippen molar-refractivity contribution < 1.29 is 19.3 Å². The van der Waals surface area contributed by atoms with Crippen LogP contribution in [0.2, 0.25) is 0 Å². The van der Waals surface area contributed by atoms with E-state index in [1.54, 1.807) is 7.11 Å². The van der Waals surface area contributed by atoms with Crippen LogP contribution in [0.3, 0.4) is 0 Å². The van der Waals surface area contributed by atoms with Gasteiger partial charge in [0.15, 0.2) is 11.5 Å². The van der Waals surface area contributed by atoms with E-state index in [9.17, 15) is 5.11 Å². The van der Waals surface area contributed by atoms with Crippen molar-refractivity contribution in [2.45, 2.75) is 39.3 Å². The van der Waals surface area contributed by atoms with Gasteiger partial charge >= 0.3 is 0 Å². The van der Waals surface area contributed by atoms with Crippen molar-refractivity contribution >= 4 is 10.9 Å². The molecule has 5 nitrogen and oxygen atoms in total. The number of aromatic nitrogens is 1. The van der Waals surface area contributed by atoms with E-state index >= 15 is 0 Å². The fraction of sp³-hybridized carbons (Fsp3) is 0.286. The summed E-state index contributed by atoms with van der Waals surface area (Å²) in [5.74, 6) is 2.27. The van der Waals surface area contributed by atoms with E-state index in [4.69, 9.17) is 14.2 Å². The maximum absolute atomic E-state index is 10.5. The first kappa shape index (κ1) is 21.4. The number of aliphatic hydroxyl groups is 1. The molecule has 0 atom stereocenters. The molecular weight excluding hydrogens is 414 g/mol.